The molecule has 0 radical (unpaired) electrons. The van der Waals surface area contributed by atoms with E-state index >= 15 is 0 Å². The van der Waals surface area contributed by atoms with Crippen LogP contribution >= 0.6 is 0 Å². The summed E-state index contributed by atoms with van der Waals surface area (Å²) in [5, 5.41) is 14.9. The molecule has 1 aliphatic heterocycles. The highest BCUT2D eigenvalue weighted by atomic mass is 16.5. The van der Waals surface area contributed by atoms with E-state index in [2.05, 4.69) is 10.3 Å². The van der Waals surface area contributed by atoms with Gasteiger partial charge >= 0.3 is 7.12 Å². The van der Waals surface area contributed by atoms with Gasteiger partial charge in [0.1, 0.15) is 5.75 Å². The fraction of sp³-hybridized carbons (Fsp3) is 0.238. The van der Waals surface area contributed by atoms with Crippen molar-refractivity contribution in [1.82, 2.24) is 4.98 Å². The molecule has 6 nitrogen and oxygen atoms in total. The molecule has 0 aliphatic carbocycles. The Kier molecular flexibility index (Phi) is 5.28. The standard InChI is InChI=1S/C21H22BN3O3/c23-12-19(16-4-3-14-2-1-8-22(27)28-20(14)11-16)21(26)25-18-6-5-17-13-24-9-7-15(17)10-18/h3-7,9-11,13,19,27H,1-2,8,12,23H2,(H,25,26). The molecule has 7 heteroatoms. The van der Waals surface area contributed by atoms with Crippen molar-refractivity contribution in [2.45, 2.75) is 25.1 Å². The lowest BCUT2D eigenvalue weighted by Gasteiger charge is -2.18. The molecule has 142 valence electrons. The van der Waals surface area contributed by atoms with Crippen molar-refractivity contribution in [3.63, 3.8) is 0 Å². The van der Waals surface area contributed by atoms with E-state index in [1.165, 1.54) is 0 Å². The summed E-state index contributed by atoms with van der Waals surface area (Å²) in [6.45, 7) is 0.171. The van der Waals surface area contributed by atoms with Crippen LogP contribution in [-0.4, -0.2) is 29.6 Å². The first-order chi connectivity index (χ1) is 13.6. The summed E-state index contributed by atoms with van der Waals surface area (Å²) in [4.78, 5) is 17.0. The van der Waals surface area contributed by atoms with E-state index < -0.39 is 13.0 Å². The Morgan fingerprint density at radius 3 is 3.00 bits per heavy atom. The van der Waals surface area contributed by atoms with Crippen LogP contribution in [0.15, 0.2) is 54.9 Å². The Hall–Kier alpha value is -2.90. The van der Waals surface area contributed by atoms with Gasteiger partial charge < -0.3 is 20.7 Å². The minimum Gasteiger partial charge on any atom is -0.536 e. The average molecular weight is 375 g/mol. The van der Waals surface area contributed by atoms with Crippen molar-refractivity contribution in [2.24, 2.45) is 5.73 Å². The summed E-state index contributed by atoms with van der Waals surface area (Å²) in [6.07, 6.45) is 5.82. The van der Waals surface area contributed by atoms with E-state index in [9.17, 15) is 9.82 Å². The van der Waals surface area contributed by atoms with Crippen molar-refractivity contribution in [3.05, 3.63) is 66.0 Å². The van der Waals surface area contributed by atoms with E-state index in [0.29, 0.717) is 17.8 Å². The molecule has 3 aromatic rings. The first-order valence-corrected chi connectivity index (χ1v) is 9.46. The number of nitrogens with two attached hydrogens (primary N) is 1. The van der Waals surface area contributed by atoms with Crippen molar-refractivity contribution < 1.29 is 14.5 Å². The van der Waals surface area contributed by atoms with Crippen molar-refractivity contribution in [3.8, 4) is 5.75 Å². The number of pyridine rings is 1. The Morgan fingerprint density at radius 1 is 1.25 bits per heavy atom. The van der Waals surface area contributed by atoms with E-state index in [0.717, 1.165) is 34.7 Å². The molecule has 1 unspecified atom stereocenters. The summed E-state index contributed by atoms with van der Waals surface area (Å²) in [5.41, 5.74) is 8.45. The minimum atomic E-state index is -0.811. The number of fused-ring (bicyclic) bond motifs is 2. The summed E-state index contributed by atoms with van der Waals surface area (Å²) < 4.78 is 5.62. The molecule has 1 aromatic heterocycles. The van der Waals surface area contributed by atoms with Crippen LogP contribution in [0, 0.1) is 0 Å². The fourth-order valence-corrected chi connectivity index (χ4v) is 3.56. The van der Waals surface area contributed by atoms with Crippen LogP contribution in [0.3, 0.4) is 0 Å². The number of carbonyl (C=O) groups excluding carboxylic acids is 1. The van der Waals surface area contributed by atoms with Crippen LogP contribution < -0.4 is 15.7 Å². The van der Waals surface area contributed by atoms with Gasteiger partial charge in [-0.25, -0.2) is 0 Å². The number of benzene rings is 2. The van der Waals surface area contributed by atoms with Crippen LogP contribution in [-0.2, 0) is 11.2 Å². The maximum absolute atomic E-state index is 12.9. The molecule has 2 heterocycles. The highest BCUT2D eigenvalue weighted by Gasteiger charge is 2.24. The lowest BCUT2D eigenvalue weighted by Crippen LogP contribution is -2.27. The predicted octanol–water partition coefficient (Wildman–Crippen LogP) is 2.72. The van der Waals surface area contributed by atoms with Gasteiger partial charge in [0.15, 0.2) is 0 Å². The van der Waals surface area contributed by atoms with Crippen molar-refractivity contribution >= 4 is 29.5 Å². The third kappa shape index (κ3) is 3.86. The number of anilines is 1. The van der Waals surface area contributed by atoms with Crippen molar-refractivity contribution in [1.29, 1.82) is 0 Å². The number of nitrogens with zero attached hydrogens (tertiary/aromatic N) is 1. The number of aromatic nitrogens is 1. The first kappa shape index (κ1) is 18.5. The zero-order valence-corrected chi connectivity index (χ0v) is 15.5. The van der Waals surface area contributed by atoms with Crippen LogP contribution in [0.1, 0.15) is 23.5 Å². The number of carbonyl (C=O) groups is 1. The number of aryl methyl sites for hydroxylation is 1. The molecule has 4 rings (SSSR count). The normalized spacial score (nSPS) is 14.7. The molecule has 0 fully saturated rings. The van der Waals surface area contributed by atoms with E-state index in [1.54, 1.807) is 12.4 Å². The van der Waals surface area contributed by atoms with Gasteiger partial charge in [-0.05, 0) is 59.9 Å². The first-order valence-electron chi connectivity index (χ1n) is 9.46. The molecule has 0 saturated carbocycles. The number of nitrogens with one attached hydrogen (secondary N) is 1. The monoisotopic (exact) mass is 375 g/mol. The predicted molar refractivity (Wildman–Crippen MR) is 110 cm³/mol. The van der Waals surface area contributed by atoms with Crippen LogP contribution in [0.5, 0.6) is 5.75 Å². The van der Waals surface area contributed by atoms with Gasteiger partial charge in [-0.2, -0.15) is 0 Å². The largest absolute Gasteiger partial charge is 0.536 e. The highest BCUT2D eigenvalue weighted by Crippen LogP contribution is 2.30. The minimum absolute atomic E-state index is 0.171. The maximum atomic E-state index is 12.9. The molecule has 1 atom stereocenters. The zero-order chi connectivity index (χ0) is 19.5. The van der Waals surface area contributed by atoms with Gasteiger partial charge in [-0.3, -0.25) is 9.78 Å². The molecule has 1 aliphatic rings. The molecule has 28 heavy (non-hydrogen) atoms. The Balaban J connectivity index is 1.56. The quantitative estimate of drug-likeness (QED) is 0.610. The Morgan fingerprint density at radius 2 is 2.14 bits per heavy atom. The van der Waals surface area contributed by atoms with Crippen LogP contribution in [0.4, 0.5) is 5.69 Å². The molecular weight excluding hydrogens is 353 g/mol. The van der Waals surface area contributed by atoms with Gasteiger partial charge in [0.25, 0.3) is 0 Å². The zero-order valence-electron chi connectivity index (χ0n) is 15.5. The molecule has 0 spiro atoms. The topological polar surface area (TPSA) is 97.5 Å². The number of hydrogen-bond acceptors (Lipinski definition) is 5. The smallest absolute Gasteiger partial charge is 0.522 e. The molecule has 4 N–H and O–H groups in total. The second-order valence-corrected chi connectivity index (χ2v) is 7.05. The molecule has 0 saturated heterocycles. The van der Waals surface area contributed by atoms with E-state index in [4.69, 9.17) is 10.4 Å². The van der Waals surface area contributed by atoms with Gasteiger partial charge in [0.2, 0.25) is 5.91 Å². The van der Waals surface area contributed by atoms with Crippen molar-refractivity contribution in [2.75, 3.05) is 11.9 Å². The van der Waals surface area contributed by atoms with Gasteiger partial charge in [-0.1, -0.05) is 18.2 Å². The van der Waals surface area contributed by atoms with E-state index in [-0.39, 0.29) is 12.5 Å². The van der Waals surface area contributed by atoms with E-state index in [1.807, 2.05) is 42.5 Å². The lowest BCUT2D eigenvalue weighted by atomic mass is 9.84. The Labute approximate surface area is 163 Å². The number of hydrogen-bond donors (Lipinski definition) is 3. The molecular formula is C21H22BN3O3. The third-order valence-corrected chi connectivity index (χ3v) is 5.11. The summed E-state index contributed by atoms with van der Waals surface area (Å²) in [6, 6.07) is 13.3. The summed E-state index contributed by atoms with van der Waals surface area (Å²) in [5.74, 6) is -0.0561. The number of rotatable bonds is 4. The highest BCUT2D eigenvalue weighted by molar-refractivity contribution is 6.43. The fourth-order valence-electron chi connectivity index (χ4n) is 3.56. The number of amides is 1. The van der Waals surface area contributed by atoms with Gasteiger partial charge in [0.05, 0.1) is 5.92 Å². The van der Waals surface area contributed by atoms with Gasteiger partial charge in [0, 0.05) is 30.0 Å². The van der Waals surface area contributed by atoms with Gasteiger partial charge in [-0.15, -0.1) is 0 Å². The SMILES string of the molecule is NCC(C(=O)Nc1ccc2cnccc2c1)c1ccc2c(c1)OB(O)CCC2. The summed E-state index contributed by atoms with van der Waals surface area (Å²) in [7, 11) is -0.811. The third-order valence-electron chi connectivity index (χ3n) is 5.11. The summed E-state index contributed by atoms with van der Waals surface area (Å²) >= 11 is 0. The second-order valence-electron chi connectivity index (χ2n) is 7.05. The Bertz CT molecular complexity index is 1010. The van der Waals surface area contributed by atoms with Crippen LogP contribution in [0.25, 0.3) is 10.8 Å². The molecule has 0 bridgehead atoms. The molecule has 1 amide bonds. The second kappa shape index (κ2) is 8.00. The maximum Gasteiger partial charge on any atom is 0.522 e. The average Bonchev–Trinajstić information content (AvgIpc) is 2.88. The van der Waals surface area contributed by atoms with Crippen LogP contribution in [0.2, 0.25) is 6.32 Å². The molecule has 2 aromatic carbocycles. The lowest BCUT2D eigenvalue weighted by molar-refractivity contribution is -0.117.